The lowest BCUT2D eigenvalue weighted by atomic mass is 9.77. The Labute approximate surface area is 328 Å². The van der Waals surface area contributed by atoms with Gasteiger partial charge >= 0.3 is 11.9 Å². The monoisotopic (exact) mass is 744 g/mol. The van der Waals surface area contributed by atoms with Gasteiger partial charge in [-0.1, -0.05) is 109 Å². The Morgan fingerprint density at radius 2 is 1.04 bits per heavy atom. The van der Waals surface area contributed by atoms with E-state index in [0.29, 0.717) is 34.3 Å². The maximum Gasteiger partial charge on any atom is 0.343 e. The van der Waals surface area contributed by atoms with E-state index < -0.39 is 17.7 Å². The first-order valence-corrected chi connectivity index (χ1v) is 20.9. The molecule has 1 N–H and O–H groups in total. The number of carbonyl (C=O) groups excluding carboxylic acids is 3. The predicted molar refractivity (Wildman–Crippen MR) is 221 cm³/mol. The first-order chi connectivity index (χ1) is 26.8. The molecule has 0 saturated heterocycles. The molecule has 0 amide bonds. The molecule has 2 aliphatic rings. The normalized spacial score (nSPS) is 17.1. The second-order valence-corrected chi connectivity index (χ2v) is 15.5. The summed E-state index contributed by atoms with van der Waals surface area (Å²) >= 11 is 0. The molecule has 4 aromatic carbocycles. The Hall–Kier alpha value is -4.71. The summed E-state index contributed by atoms with van der Waals surface area (Å²) in [6.45, 7) is 6.68. The molecule has 0 unspecified atom stereocenters. The highest BCUT2D eigenvalue weighted by Gasteiger charge is 2.23. The fourth-order valence-corrected chi connectivity index (χ4v) is 7.97. The van der Waals surface area contributed by atoms with E-state index in [1.807, 2.05) is 36.4 Å². The third-order valence-corrected chi connectivity index (χ3v) is 11.4. The van der Waals surface area contributed by atoms with Crippen LogP contribution in [0.2, 0.25) is 0 Å². The average molecular weight is 745 g/mol. The van der Waals surface area contributed by atoms with Crippen molar-refractivity contribution in [3.8, 4) is 17.2 Å². The number of carbonyl (C=O) groups is 3. The molecule has 0 aliphatic heterocycles. The third kappa shape index (κ3) is 12.1. The molecule has 2 fully saturated rings. The van der Waals surface area contributed by atoms with Crippen LogP contribution in [0.15, 0.2) is 91.0 Å². The Morgan fingerprint density at radius 3 is 1.55 bits per heavy atom. The van der Waals surface area contributed by atoms with Crippen LogP contribution >= 0.6 is 0 Å². The van der Waals surface area contributed by atoms with Crippen molar-refractivity contribution in [2.75, 3.05) is 0 Å². The van der Waals surface area contributed by atoms with Gasteiger partial charge in [0, 0.05) is 11.6 Å². The van der Waals surface area contributed by atoms with Crippen molar-refractivity contribution >= 4 is 17.7 Å². The first kappa shape index (κ1) is 41.5. The van der Waals surface area contributed by atoms with Crippen LogP contribution in [0, 0.1) is 5.92 Å². The molecule has 0 heterocycles. The van der Waals surface area contributed by atoms with E-state index in [1.165, 1.54) is 132 Å². The number of phenolic OH excluding ortho intramolecular Hbond substituents is 1. The van der Waals surface area contributed by atoms with Crippen LogP contribution in [0.5, 0.6) is 17.2 Å². The summed E-state index contributed by atoms with van der Waals surface area (Å²) in [7, 11) is 0. The van der Waals surface area contributed by atoms with Gasteiger partial charge < -0.3 is 14.6 Å². The number of esters is 2. The number of benzene rings is 4. The minimum absolute atomic E-state index is 0.0662. The first-order valence-electron chi connectivity index (χ1n) is 20.9. The Morgan fingerprint density at radius 1 is 0.545 bits per heavy atom. The molecule has 6 heteroatoms. The number of ketones is 1. The molecule has 0 aromatic heterocycles. The summed E-state index contributed by atoms with van der Waals surface area (Å²) in [5.41, 5.74) is 3.81. The van der Waals surface area contributed by atoms with Gasteiger partial charge in [0.15, 0.2) is 5.78 Å². The molecule has 0 atom stereocenters. The molecule has 0 bridgehead atoms. The number of ether oxygens (including phenoxy) is 2. The van der Waals surface area contributed by atoms with Crippen LogP contribution in [-0.4, -0.2) is 22.8 Å². The van der Waals surface area contributed by atoms with Gasteiger partial charge in [-0.05, 0) is 128 Å². The zero-order valence-electron chi connectivity index (χ0n) is 33.2. The van der Waals surface area contributed by atoms with Crippen molar-refractivity contribution < 1.29 is 29.0 Å². The second kappa shape index (κ2) is 21.4. The lowest BCUT2D eigenvalue weighted by molar-refractivity contribution is 0.0725. The van der Waals surface area contributed by atoms with Crippen molar-refractivity contribution in [3.05, 3.63) is 124 Å². The number of phenols is 1. The molecule has 292 valence electrons. The Kier molecular flexibility index (Phi) is 16.1. The largest absolute Gasteiger partial charge is 0.507 e. The summed E-state index contributed by atoms with van der Waals surface area (Å²) < 4.78 is 11.1. The quantitative estimate of drug-likeness (QED) is 0.0598. The summed E-state index contributed by atoms with van der Waals surface area (Å²) in [4.78, 5) is 38.8. The molecule has 0 spiro atoms. The Bertz CT molecular complexity index is 1790. The molecule has 55 heavy (non-hydrogen) atoms. The van der Waals surface area contributed by atoms with E-state index in [-0.39, 0.29) is 17.1 Å². The SMILES string of the molecule is CCCCC.CCCCCC1CCC(c2ccc(C(=O)Oc3ccc(C(=O)c4ccc(OC(=O)c5ccc(C6CCCCC6)cc5)cc4O)cc3)cc2)CC1. The van der Waals surface area contributed by atoms with E-state index in [4.69, 9.17) is 9.47 Å². The minimum Gasteiger partial charge on any atom is -0.507 e. The van der Waals surface area contributed by atoms with Crippen LogP contribution in [0.4, 0.5) is 0 Å². The highest BCUT2D eigenvalue weighted by Crippen LogP contribution is 2.38. The maximum absolute atomic E-state index is 13.2. The molecular formula is C49H60O6. The molecule has 0 radical (unpaired) electrons. The lowest BCUT2D eigenvalue weighted by Crippen LogP contribution is -2.14. The molecule has 2 saturated carbocycles. The van der Waals surface area contributed by atoms with Crippen LogP contribution in [0.3, 0.4) is 0 Å². The summed E-state index contributed by atoms with van der Waals surface area (Å²) in [6, 6.07) is 25.7. The second-order valence-electron chi connectivity index (χ2n) is 15.5. The molecule has 6 rings (SSSR count). The van der Waals surface area contributed by atoms with E-state index in [9.17, 15) is 19.5 Å². The lowest BCUT2D eigenvalue weighted by Gasteiger charge is -2.29. The summed E-state index contributed by atoms with van der Waals surface area (Å²) in [5, 5.41) is 10.7. The fourth-order valence-electron chi connectivity index (χ4n) is 7.97. The molecule has 4 aromatic rings. The van der Waals surface area contributed by atoms with E-state index >= 15 is 0 Å². The van der Waals surface area contributed by atoms with Gasteiger partial charge in [-0.2, -0.15) is 0 Å². The van der Waals surface area contributed by atoms with Gasteiger partial charge in [-0.25, -0.2) is 9.59 Å². The molecule has 6 nitrogen and oxygen atoms in total. The highest BCUT2D eigenvalue weighted by molar-refractivity contribution is 6.10. The van der Waals surface area contributed by atoms with Crippen LogP contribution < -0.4 is 9.47 Å². The van der Waals surface area contributed by atoms with Gasteiger partial charge in [-0.15, -0.1) is 0 Å². The topological polar surface area (TPSA) is 89.9 Å². The highest BCUT2D eigenvalue weighted by atomic mass is 16.5. The van der Waals surface area contributed by atoms with Crippen LogP contribution in [0.25, 0.3) is 0 Å². The fraction of sp³-hybridized carbons (Fsp3) is 0.449. The smallest absolute Gasteiger partial charge is 0.343 e. The van der Waals surface area contributed by atoms with E-state index in [2.05, 4.69) is 20.8 Å². The summed E-state index contributed by atoms with van der Waals surface area (Å²) in [5.74, 6) is 0.700. The van der Waals surface area contributed by atoms with Crippen molar-refractivity contribution in [2.24, 2.45) is 5.92 Å². The minimum atomic E-state index is -0.532. The van der Waals surface area contributed by atoms with Gasteiger partial charge in [0.1, 0.15) is 17.2 Å². The Balaban J connectivity index is 0.00000109. The van der Waals surface area contributed by atoms with Crippen molar-refractivity contribution in [2.45, 2.75) is 135 Å². The predicted octanol–water partition coefficient (Wildman–Crippen LogP) is 13.2. The van der Waals surface area contributed by atoms with Gasteiger partial charge in [0.05, 0.1) is 16.7 Å². The van der Waals surface area contributed by atoms with Gasteiger partial charge in [0.25, 0.3) is 0 Å². The number of rotatable bonds is 14. The van der Waals surface area contributed by atoms with Crippen molar-refractivity contribution in [1.29, 1.82) is 0 Å². The van der Waals surface area contributed by atoms with Crippen molar-refractivity contribution in [3.63, 3.8) is 0 Å². The van der Waals surface area contributed by atoms with Crippen molar-refractivity contribution in [1.82, 2.24) is 0 Å². The maximum atomic E-state index is 13.2. The number of aromatic hydroxyl groups is 1. The summed E-state index contributed by atoms with van der Waals surface area (Å²) in [6.07, 6.45) is 20.5. The molecular weight excluding hydrogens is 685 g/mol. The van der Waals surface area contributed by atoms with E-state index in [1.54, 1.807) is 36.4 Å². The zero-order valence-corrected chi connectivity index (χ0v) is 33.2. The average Bonchev–Trinajstić information content (AvgIpc) is 3.22. The van der Waals surface area contributed by atoms with Crippen LogP contribution in [0.1, 0.15) is 183 Å². The number of hydrogen-bond acceptors (Lipinski definition) is 6. The number of hydrogen-bond donors (Lipinski definition) is 1. The van der Waals surface area contributed by atoms with Gasteiger partial charge in [-0.3, -0.25) is 4.79 Å². The molecule has 2 aliphatic carbocycles. The number of unbranched alkanes of at least 4 members (excludes halogenated alkanes) is 4. The standard InChI is InChI=1S/C44H48O6.C5H12/c1-2-3-5-8-30-11-13-32(14-12-30)34-17-21-36(22-18-34)43(47)49-38-25-23-35(24-26-38)42(46)40-28-27-39(29-41(40)45)50-44(48)37-19-15-33(16-20-37)31-9-6-4-7-10-31;1-3-5-4-2/h15-32,45H,2-14H2,1H3;3-5H2,1-2H3. The third-order valence-electron chi connectivity index (χ3n) is 11.4. The van der Waals surface area contributed by atoms with E-state index in [0.717, 1.165) is 5.92 Å². The van der Waals surface area contributed by atoms with Crippen LogP contribution in [-0.2, 0) is 0 Å². The zero-order chi connectivity index (χ0) is 39.0. The van der Waals surface area contributed by atoms with Gasteiger partial charge in [0.2, 0.25) is 0 Å².